The molecule has 3 unspecified atom stereocenters. The Balaban J connectivity index is 2.13. The largest absolute Gasteiger partial charge is 0.342 e. The van der Waals surface area contributed by atoms with Crippen molar-refractivity contribution < 1.29 is 4.79 Å². The van der Waals surface area contributed by atoms with Crippen LogP contribution in [-0.2, 0) is 4.79 Å². The number of rotatable bonds is 5. The quantitative estimate of drug-likeness (QED) is 0.904. The Labute approximate surface area is 128 Å². The Hall–Kier alpha value is -1.35. The maximum atomic E-state index is 12.9. The SMILES string of the molecule is CCC(C(=O)N(C)C1CCCCC1CN)c1ccccc1. The van der Waals surface area contributed by atoms with E-state index in [1.807, 2.05) is 30.1 Å². The zero-order valence-corrected chi connectivity index (χ0v) is 13.3. The fourth-order valence-electron chi connectivity index (χ4n) is 3.62. The predicted octanol–water partition coefficient (Wildman–Crippen LogP) is 3.16. The van der Waals surface area contributed by atoms with Gasteiger partial charge in [-0.2, -0.15) is 0 Å². The molecule has 1 aliphatic rings. The molecule has 1 aliphatic carbocycles. The summed E-state index contributed by atoms with van der Waals surface area (Å²) < 4.78 is 0. The number of amides is 1. The lowest BCUT2D eigenvalue weighted by atomic mass is 9.83. The Bertz CT molecular complexity index is 446. The molecule has 1 aromatic carbocycles. The van der Waals surface area contributed by atoms with Gasteiger partial charge in [0.15, 0.2) is 0 Å². The lowest BCUT2D eigenvalue weighted by molar-refractivity contribution is -0.135. The minimum atomic E-state index is -0.0310. The first-order chi connectivity index (χ1) is 10.2. The van der Waals surface area contributed by atoms with E-state index in [0.717, 1.165) is 24.8 Å². The third kappa shape index (κ3) is 3.65. The molecule has 0 aromatic heterocycles. The van der Waals surface area contributed by atoms with Crippen molar-refractivity contribution in [3.05, 3.63) is 35.9 Å². The minimum absolute atomic E-state index is 0.0310. The summed E-state index contributed by atoms with van der Waals surface area (Å²) >= 11 is 0. The molecule has 0 aliphatic heterocycles. The summed E-state index contributed by atoms with van der Waals surface area (Å²) in [6, 6.07) is 10.4. The summed E-state index contributed by atoms with van der Waals surface area (Å²) in [6.45, 7) is 2.77. The Morgan fingerprint density at radius 2 is 1.95 bits per heavy atom. The smallest absolute Gasteiger partial charge is 0.230 e. The van der Waals surface area contributed by atoms with E-state index in [-0.39, 0.29) is 11.8 Å². The Morgan fingerprint density at radius 3 is 2.57 bits per heavy atom. The van der Waals surface area contributed by atoms with Crippen molar-refractivity contribution in [3.63, 3.8) is 0 Å². The summed E-state index contributed by atoms with van der Waals surface area (Å²) in [5.74, 6) is 0.673. The van der Waals surface area contributed by atoms with Crippen molar-refractivity contribution in [2.75, 3.05) is 13.6 Å². The van der Waals surface area contributed by atoms with Crippen molar-refractivity contribution in [2.24, 2.45) is 11.7 Å². The van der Waals surface area contributed by atoms with Gasteiger partial charge >= 0.3 is 0 Å². The van der Waals surface area contributed by atoms with E-state index in [9.17, 15) is 4.79 Å². The van der Waals surface area contributed by atoms with Crippen LogP contribution in [0.5, 0.6) is 0 Å². The number of hydrogen-bond donors (Lipinski definition) is 1. The standard InChI is InChI=1S/C18H28N2O/c1-3-16(14-9-5-4-6-10-14)18(21)20(2)17-12-8-7-11-15(17)13-19/h4-6,9-10,15-17H,3,7-8,11-13,19H2,1-2H3. The molecule has 2 rings (SSSR count). The number of carbonyl (C=O) groups is 1. The molecule has 0 bridgehead atoms. The highest BCUT2D eigenvalue weighted by molar-refractivity contribution is 5.83. The van der Waals surface area contributed by atoms with Gasteiger partial charge in [0, 0.05) is 13.1 Å². The van der Waals surface area contributed by atoms with Crippen molar-refractivity contribution in [2.45, 2.75) is 51.0 Å². The van der Waals surface area contributed by atoms with Crippen LogP contribution in [0, 0.1) is 5.92 Å². The molecule has 0 saturated heterocycles. The molecule has 2 N–H and O–H groups in total. The van der Waals surface area contributed by atoms with E-state index in [1.165, 1.54) is 12.8 Å². The van der Waals surface area contributed by atoms with Crippen molar-refractivity contribution in [1.82, 2.24) is 4.90 Å². The molecule has 0 heterocycles. The normalized spacial score (nSPS) is 23.6. The fourth-order valence-corrected chi connectivity index (χ4v) is 3.62. The monoisotopic (exact) mass is 288 g/mol. The van der Waals surface area contributed by atoms with E-state index in [2.05, 4.69) is 19.1 Å². The van der Waals surface area contributed by atoms with Crippen LogP contribution in [-0.4, -0.2) is 30.4 Å². The third-order valence-corrected chi connectivity index (χ3v) is 4.93. The third-order valence-electron chi connectivity index (χ3n) is 4.93. The summed E-state index contributed by atoms with van der Waals surface area (Å²) in [7, 11) is 1.96. The van der Waals surface area contributed by atoms with Gasteiger partial charge in [0.1, 0.15) is 0 Å². The van der Waals surface area contributed by atoms with E-state index < -0.39 is 0 Å². The number of likely N-dealkylation sites (N-methyl/N-ethyl adjacent to an activating group) is 1. The molecule has 3 nitrogen and oxygen atoms in total. The van der Waals surface area contributed by atoms with Gasteiger partial charge in [0.25, 0.3) is 0 Å². The highest BCUT2D eigenvalue weighted by Gasteiger charge is 2.32. The molecular weight excluding hydrogens is 260 g/mol. The van der Waals surface area contributed by atoms with Crippen LogP contribution in [0.3, 0.4) is 0 Å². The molecule has 1 fully saturated rings. The van der Waals surface area contributed by atoms with E-state index in [4.69, 9.17) is 5.73 Å². The molecular formula is C18H28N2O. The number of nitrogens with zero attached hydrogens (tertiary/aromatic N) is 1. The van der Waals surface area contributed by atoms with Crippen LogP contribution in [0.1, 0.15) is 50.5 Å². The predicted molar refractivity (Wildman–Crippen MR) is 87.0 cm³/mol. The highest BCUT2D eigenvalue weighted by Crippen LogP contribution is 2.30. The summed E-state index contributed by atoms with van der Waals surface area (Å²) in [6.07, 6.45) is 5.54. The number of benzene rings is 1. The number of nitrogens with two attached hydrogens (primary N) is 1. The molecule has 1 saturated carbocycles. The maximum Gasteiger partial charge on any atom is 0.230 e. The molecule has 116 valence electrons. The van der Waals surface area contributed by atoms with Gasteiger partial charge in [-0.25, -0.2) is 0 Å². The van der Waals surface area contributed by atoms with Crippen molar-refractivity contribution in [3.8, 4) is 0 Å². The molecule has 0 radical (unpaired) electrons. The molecule has 1 amide bonds. The fraction of sp³-hybridized carbons (Fsp3) is 0.611. The number of hydrogen-bond acceptors (Lipinski definition) is 2. The van der Waals surface area contributed by atoms with Crippen LogP contribution in [0.4, 0.5) is 0 Å². The van der Waals surface area contributed by atoms with Crippen molar-refractivity contribution in [1.29, 1.82) is 0 Å². The van der Waals surface area contributed by atoms with Crippen LogP contribution >= 0.6 is 0 Å². The van der Waals surface area contributed by atoms with Crippen molar-refractivity contribution >= 4 is 5.91 Å². The zero-order valence-electron chi connectivity index (χ0n) is 13.3. The van der Waals surface area contributed by atoms with Gasteiger partial charge in [-0.15, -0.1) is 0 Å². The van der Waals surface area contributed by atoms with Gasteiger partial charge in [0.2, 0.25) is 5.91 Å². The average molecular weight is 288 g/mol. The Kier molecular flexibility index (Phi) is 5.80. The van der Waals surface area contributed by atoms with Crippen LogP contribution in [0.25, 0.3) is 0 Å². The van der Waals surface area contributed by atoms with Crippen LogP contribution in [0.15, 0.2) is 30.3 Å². The second kappa shape index (κ2) is 7.60. The van der Waals surface area contributed by atoms with E-state index >= 15 is 0 Å². The zero-order chi connectivity index (χ0) is 15.2. The summed E-state index contributed by atoms with van der Waals surface area (Å²) in [5, 5.41) is 0. The Morgan fingerprint density at radius 1 is 1.29 bits per heavy atom. The van der Waals surface area contributed by atoms with Gasteiger partial charge < -0.3 is 10.6 Å². The summed E-state index contributed by atoms with van der Waals surface area (Å²) in [5.41, 5.74) is 7.04. The van der Waals surface area contributed by atoms with Crippen LogP contribution < -0.4 is 5.73 Å². The van der Waals surface area contributed by atoms with Gasteiger partial charge in [-0.1, -0.05) is 50.1 Å². The average Bonchev–Trinajstić information content (AvgIpc) is 2.55. The first kappa shape index (κ1) is 16.0. The lowest BCUT2D eigenvalue weighted by Gasteiger charge is -2.39. The number of carbonyl (C=O) groups excluding carboxylic acids is 1. The minimum Gasteiger partial charge on any atom is -0.342 e. The van der Waals surface area contributed by atoms with Gasteiger partial charge in [0.05, 0.1) is 5.92 Å². The molecule has 3 heteroatoms. The molecule has 21 heavy (non-hydrogen) atoms. The molecule has 1 aromatic rings. The first-order valence-corrected chi connectivity index (χ1v) is 8.20. The topological polar surface area (TPSA) is 46.3 Å². The first-order valence-electron chi connectivity index (χ1n) is 8.20. The van der Waals surface area contributed by atoms with E-state index in [1.54, 1.807) is 0 Å². The second-order valence-electron chi connectivity index (χ2n) is 6.17. The highest BCUT2D eigenvalue weighted by atomic mass is 16.2. The van der Waals surface area contributed by atoms with Gasteiger partial charge in [-0.05, 0) is 37.3 Å². The lowest BCUT2D eigenvalue weighted by Crippen LogP contribution is -2.47. The maximum absolute atomic E-state index is 12.9. The van der Waals surface area contributed by atoms with E-state index in [0.29, 0.717) is 18.5 Å². The van der Waals surface area contributed by atoms with Gasteiger partial charge in [-0.3, -0.25) is 4.79 Å². The molecule has 0 spiro atoms. The van der Waals surface area contributed by atoms with Crippen LogP contribution in [0.2, 0.25) is 0 Å². The second-order valence-corrected chi connectivity index (χ2v) is 6.17. The summed E-state index contributed by atoms with van der Waals surface area (Å²) in [4.78, 5) is 14.9. The molecule has 3 atom stereocenters.